The first-order valence-electron chi connectivity index (χ1n) is 5.85. The molecule has 0 radical (unpaired) electrons. The van der Waals surface area contributed by atoms with Crippen LogP contribution in [-0.4, -0.2) is 5.91 Å². The monoisotopic (exact) mass is 314 g/mol. The average molecular weight is 315 g/mol. The van der Waals surface area contributed by atoms with Gasteiger partial charge in [-0.05, 0) is 24.3 Å². The summed E-state index contributed by atoms with van der Waals surface area (Å²) in [6, 6.07) is 5.41. The number of primary amides is 1. The summed E-state index contributed by atoms with van der Waals surface area (Å²) in [5.74, 6) is -3.52. The van der Waals surface area contributed by atoms with Gasteiger partial charge in [-0.25, -0.2) is 13.2 Å². The summed E-state index contributed by atoms with van der Waals surface area (Å²) in [4.78, 5) is 11.0. The van der Waals surface area contributed by atoms with Crippen molar-refractivity contribution in [2.75, 3.05) is 5.32 Å². The van der Waals surface area contributed by atoms with Crippen LogP contribution in [0.3, 0.4) is 0 Å². The largest absolute Gasteiger partial charge is 0.378 e. The predicted molar refractivity (Wildman–Crippen MR) is 73.6 cm³/mol. The lowest BCUT2D eigenvalue weighted by Gasteiger charge is -2.10. The van der Waals surface area contributed by atoms with Crippen molar-refractivity contribution in [1.29, 1.82) is 0 Å². The number of rotatable bonds is 4. The average Bonchev–Trinajstić information content (AvgIpc) is 2.41. The lowest BCUT2D eigenvalue weighted by molar-refractivity contribution is 0.0996. The number of amides is 1. The Hall–Kier alpha value is -2.21. The Labute approximate surface area is 123 Å². The van der Waals surface area contributed by atoms with Crippen LogP contribution in [0, 0.1) is 17.5 Å². The van der Waals surface area contributed by atoms with Gasteiger partial charge in [0, 0.05) is 23.2 Å². The van der Waals surface area contributed by atoms with Gasteiger partial charge in [0.15, 0.2) is 0 Å². The molecule has 0 saturated heterocycles. The highest BCUT2D eigenvalue weighted by molar-refractivity contribution is 6.30. The normalized spacial score (nSPS) is 10.5. The fourth-order valence-corrected chi connectivity index (χ4v) is 1.94. The number of hydrogen-bond donors (Lipinski definition) is 2. The molecule has 1 amide bonds. The molecule has 2 rings (SSSR count). The SMILES string of the molecule is NC(=O)c1cc(NCc2cc(Cl)ccc2F)c(F)cc1F. The topological polar surface area (TPSA) is 55.1 Å². The van der Waals surface area contributed by atoms with Gasteiger partial charge in [0.25, 0.3) is 5.91 Å². The van der Waals surface area contributed by atoms with Crippen LogP contribution in [0.2, 0.25) is 5.02 Å². The van der Waals surface area contributed by atoms with Crippen molar-refractivity contribution in [3.63, 3.8) is 0 Å². The molecule has 0 atom stereocenters. The molecule has 0 saturated carbocycles. The van der Waals surface area contributed by atoms with E-state index in [-0.39, 0.29) is 17.8 Å². The number of nitrogens with two attached hydrogens (primary N) is 1. The second-order valence-electron chi connectivity index (χ2n) is 4.27. The van der Waals surface area contributed by atoms with Crippen LogP contribution >= 0.6 is 11.6 Å². The summed E-state index contributed by atoms with van der Waals surface area (Å²) >= 11 is 5.74. The van der Waals surface area contributed by atoms with Crippen LogP contribution < -0.4 is 11.1 Å². The van der Waals surface area contributed by atoms with Crippen LogP contribution in [-0.2, 0) is 6.54 Å². The van der Waals surface area contributed by atoms with E-state index in [0.717, 1.165) is 6.07 Å². The zero-order chi connectivity index (χ0) is 15.6. The Morgan fingerprint density at radius 2 is 1.81 bits per heavy atom. The molecule has 0 aromatic heterocycles. The molecule has 0 spiro atoms. The van der Waals surface area contributed by atoms with Gasteiger partial charge in [-0.3, -0.25) is 4.79 Å². The van der Waals surface area contributed by atoms with Gasteiger partial charge in [0.05, 0.1) is 11.3 Å². The van der Waals surface area contributed by atoms with Crippen LogP contribution in [0.5, 0.6) is 0 Å². The zero-order valence-corrected chi connectivity index (χ0v) is 11.3. The summed E-state index contributed by atoms with van der Waals surface area (Å²) in [5, 5.41) is 2.90. The van der Waals surface area contributed by atoms with Gasteiger partial charge >= 0.3 is 0 Å². The van der Waals surface area contributed by atoms with Gasteiger partial charge in [-0.2, -0.15) is 0 Å². The van der Waals surface area contributed by atoms with E-state index in [1.807, 2.05) is 0 Å². The smallest absolute Gasteiger partial charge is 0.251 e. The molecule has 21 heavy (non-hydrogen) atoms. The standard InChI is InChI=1S/C14H10ClF3N2O/c15-8-1-2-10(16)7(3-8)6-20-13-4-9(14(19)21)11(17)5-12(13)18/h1-5,20H,6H2,(H2,19,21). The van der Waals surface area contributed by atoms with Gasteiger partial charge < -0.3 is 11.1 Å². The van der Waals surface area contributed by atoms with E-state index >= 15 is 0 Å². The van der Waals surface area contributed by atoms with E-state index in [1.165, 1.54) is 18.2 Å². The molecule has 110 valence electrons. The first kappa shape index (κ1) is 15.2. The van der Waals surface area contributed by atoms with Gasteiger partial charge in [0.1, 0.15) is 17.5 Å². The highest BCUT2D eigenvalue weighted by atomic mass is 35.5. The molecule has 7 heteroatoms. The molecule has 0 unspecified atom stereocenters. The first-order valence-corrected chi connectivity index (χ1v) is 6.23. The van der Waals surface area contributed by atoms with Crippen LogP contribution in [0.25, 0.3) is 0 Å². The van der Waals surface area contributed by atoms with Crippen LogP contribution in [0.15, 0.2) is 30.3 Å². The Bertz CT molecular complexity index is 707. The van der Waals surface area contributed by atoms with E-state index in [0.29, 0.717) is 11.1 Å². The van der Waals surface area contributed by atoms with Crippen LogP contribution in [0.1, 0.15) is 15.9 Å². The molecule has 2 aromatic carbocycles. The van der Waals surface area contributed by atoms with Gasteiger partial charge in [-0.1, -0.05) is 11.6 Å². The van der Waals surface area contributed by atoms with E-state index < -0.39 is 28.9 Å². The molecule has 3 nitrogen and oxygen atoms in total. The van der Waals surface area contributed by atoms with Crippen molar-refractivity contribution in [1.82, 2.24) is 0 Å². The first-order chi connectivity index (χ1) is 9.88. The molecule has 0 aliphatic carbocycles. The number of carbonyl (C=O) groups is 1. The third-order valence-corrected chi connectivity index (χ3v) is 3.03. The highest BCUT2D eigenvalue weighted by Gasteiger charge is 2.14. The number of benzene rings is 2. The Morgan fingerprint density at radius 3 is 2.48 bits per heavy atom. The number of anilines is 1. The number of nitrogens with one attached hydrogen (secondary N) is 1. The van der Waals surface area contributed by atoms with E-state index in [2.05, 4.69) is 5.32 Å². The molecule has 0 bridgehead atoms. The van der Waals surface area contributed by atoms with E-state index in [9.17, 15) is 18.0 Å². The third-order valence-electron chi connectivity index (χ3n) is 2.80. The Morgan fingerprint density at radius 1 is 1.10 bits per heavy atom. The summed E-state index contributed by atoms with van der Waals surface area (Å²) in [6.45, 7) is -0.0901. The minimum absolute atomic E-state index is 0.0901. The van der Waals surface area contributed by atoms with Gasteiger partial charge in [0.2, 0.25) is 0 Å². The molecule has 0 fully saturated rings. The molecule has 0 aliphatic heterocycles. The lowest BCUT2D eigenvalue weighted by Crippen LogP contribution is -2.14. The molecule has 0 aliphatic rings. The van der Waals surface area contributed by atoms with Crippen molar-refractivity contribution >= 4 is 23.2 Å². The number of carbonyl (C=O) groups excluding carboxylic acids is 1. The minimum atomic E-state index is -1.06. The maximum Gasteiger partial charge on any atom is 0.251 e. The van der Waals surface area contributed by atoms with E-state index in [4.69, 9.17) is 17.3 Å². The maximum absolute atomic E-state index is 13.6. The van der Waals surface area contributed by atoms with E-state index in [1.54, 1.807) is 0 Å². The Balaban J connectivity index is 2.25. The fourth-order valence-electron chi connectivity index (χ4n) is 1.74. The third kappa shape index (κ3) is 3.46. The summed E-state index contributed by atoms with van der Waals surface area (Å²) < 4.78 is 40.4. The van der Waals surface area contributed by atoms with Crippen molar-refractivity contribution in [2.45, 2.75) is 6.54 Å². The number of halogens is 4. The van der Waals surface area contributed by atoms with Crippen molar-refractivity contribution in [2.24, 2.45) is 5.73 Å². The molecular formula is C14H10ClF3N2O. The molecular weight excluding hydrogens is 305 g/mol. The second-order valence-corrected chi connectivity index (χ2v) is 4.70. The van der Waals surface area contributed by atoms with Crippen molar-refractivity contribution in [3.05, 3.63) is 63.9 Å². The number of hydrogen-bond acceptors (Lipinski definition) is 2. The maximum atomic E-state index is 13.6. The van der Waals surface area contributed by atoms with Gasteiger partial charge in [-0.15, -0.1) is 0 Å². The summed E-state index contributed by atoms with van der Waals surface area (Å²) in [6.07, 6.45) is 0. The molecule has 0 heterocycles. The summed E-state index contributed by atoms with van der Waals surface area (Å²) in [7, 11) is 0. The summed E-state index contributed by atoms with van der Waals surface area (Å²) in [5.41, 5.74) is 4.56. The second kappa shape index (κ2) is 6.05. The highest BCUT2D eigenvalue weighted by Crippen LogP contribution is 2.21. The van der Waals surface area contributed by atoms with Crippen molar-refractivity contribution in [3.8, 4) is 0 Å². The molecule has 2 aromatic rings. The fraction of sp³-hybridized carbons (Fsp3) is 0.0714. The van der Waals surface area contributed by atoms with Crippen molar-refractivity contribution < 1.29 is 18.0 Å². The zero-order valence-electron chi connectivity index (χ0n) is 10.6. The Kier molecular flexibility index (Phi) is 4.37. The quantitative estimate of drug-likeness (QED) is 0.908. The lowest BCUT2D eigenvalue weighted by atomic mass is 10.1. The minimum Gasteiger partial charge on any atom is -0.378 e. The predicted octanol–water partition coefficient (Wildman–Crippen LogP) is 3.47. The molecule has 3 N–H and O–H groups in total. The van der Waals surface area contributed by atoms with Crippen LogP contribution in [0.4, 0.5) is 18.9 Å².